The molecule has 0 bridgehead atoms. The molecule has 2 N–H and O–H groups in total. The summed E-state index contributed by atoms with van der Waals surface area (Å²) in [5, 5.41) is 6.89. The van der Waals surface area contributed by atoms with E-state index in [-0.39, 0.29) is 12.0 Å². The number of H-pyrrole nitrogens is 1. The number of aromatic amines is 1. The van der Waals surface area contributed by atoms with Crippen molar-refractivity contribution >= 4 is 6.47 Å². The van der Waals surface area contributed by atoms with Crippen molar-refractivity contribution in [1.82, 2.24) is 19.5 Å². The Labute approximate surface area is 132 Å². The molecule has 7 nitrogen and oxygen atoms in total. The monoisotopic (exact) mass is 312 g/mol. The molecule has 0 saturated heterocycles. The van der Waals surface area contributed by atoms with Crippen LogP contribution in [0.3, 0.4) is 0 Å². The number of hydrogen-bond acceptors (Lipinski definition) is 4. The first-order valence-corrected chi connectivity index (χ1v) is 6.85. The molecule has 0 spiro atoms. The summed E-state index contributed by atoms with van der Waals surface area (Å²) in [4.78, 5) is 31.3. The first kappa shape index (κ1) is 16.2. The maximum atomic E-state index is 11.5. The highest BCUT2D eigenvalue weighted by molar-refractivity contribution is 5.55. The van der Waals surface area contributed by atoms with Gasteiger partial charge in [0.15, 0.2) is 0 Å². The predicted molar refractivity (Wildman–Crippen MR) is 85.1 cm³/mol. The molecule has 0 radical (unpaired) electrons. The third-order valence-corrected chi connectivity index (χ3v) is 2.99. The quantitative estimate of drug-likeness (QED) is 0.717. The number of rotatable bonds is 3. The Kier molecular flexibility index (Phi) is 5.40. The van der Waals surface area contributed by atoms with Crippen molar-refractivity contribution in [1.29, 1.82) is 0 Å². The number of benzene rings is 1. The van der Waals surface area contributed by atoms with Crippen molar-refractivity contribution in [2.45, 2.75) is 13.5 Å². The number of nitrogens with one attached hydrogen (secondary N) is 1. The normalized spacial score (nSPS) is 9.78. The van der Waals surface area contributed by atoms with Crippen molar-refractivity contribution in [3.8, 4) is 11.4 Å². The average molecular weight is 312 g/mol. The van der Waals surface area contributed by atoms with E-state index in [1.807, 2.05) is 48.0 Å². The summed E-state index contributed by atoms with van der Waals surface area (Å²) in [6.45, 7) is 2.05. The van der Waals surface area contributed by atoms with E-state index in [4.69, 9.17) is 9.90 Å². The molecule has 0 atom stereocenters. The zero-order chi connectivity index (χ0) is 16.7. The summed E-state index contributed by atoms with van der Waals surface area (Å²) in [5.41, 5.74) is 1.62. The van der Waals surface area contributed by atoms with Gasteiger partial charge in [-0.25, -0.2) is 9.97 Å². The third-order valence-electron chi connectivity index (χ3n) is 2.99. The highest BCUT2D eigenvalue weighted by Gasteiger charge is 2.07. The van der Waals surface area contributed by atoms with Gasteiger partial charge in [-0.2, -0.15) is 0 Å². The van der Waals surface area contributed by atoms with Crippen molar-refractivity contribution in [2.75, 3.05) is 0 Å². The minimum Gasteiger partial charge on any atom is -0.483 e. The van der Waals surface area contributed by atoms with Gasteiger partial charge in [0.25, 0.3) is 12.0 Å². The SMILES string of the molecule is Cc1cc(=O)[nH]c(Cn2ccnc2-c2ccccc2)n1.O=CO. The van der Waals surface area contributed by atoms with Crippen LogP contribution < -0.4 is 5.56 Å². The Balaban J connectivity index is 0.000000595. The molecule has 0 aliphatic carbocycles. The molecular weight excluding hydrogens is 296 g/mol. The Morgan fingerprint density at radius 2 is 2.00 bits per heavy atom. The molecule has 1 aromatic carbocycles. The van der Waals surface area contributed by atoms with Crippen LogP contribution >= 0.6 is 0 Å². The van der Waals surface area contributed by atoms with Crippen LogP contribution in [0.1, 0.15) is 11.5 Å². The fourth-order valence-electron chi connectivity index (χ4n) is 2.16. The van der Waals surface area contributed by atoms with Gasteiger partial charge in [-0.1, -0.05) is 30.3 Å². The second kappa shape index (κ2) is 7.69. The third kappa shape index (κ3) is 4.37. The number of hydrogen-bond donors (Lipinski definition) is 2. The minimum atomic E-state index is -0.250. The highest BCUT2D eigenvalue weighted by Crippen LogP contribution is 2.17. The van der Waals surface area contributed by atoms with E-state index < -0.39 is 0 Å². The lowest BCUT2D eigenvalue weighted by atomic mass is 10.2. The summed E-state index contributed by atoms with van der Waals surface area (Å²) < 4.78 is 1.97. The Morgan fingerprint density at radius 3 is 2.65 bits per heavy atom. The summed E-state index contributed by atoms with van der Waals surface area (Å²) >= 11 is 0. The predicted octanol–water partition coefficient (Wildman–Crippen LogP) is 1.69. The van der Waals surface area contributed by atoms with Gasteiger partial charge in [0.1, 0.15) is 11.6 Å². The molecule has 23 heavy (non-hydrogen) atoms. The average Bonchev–Trinajstić information content (AvgIpc) is 2.96. The van der Waals surface area contributed by atoms with Crippen LogP contribution in [0.15, 0.2) is 53.6 Å². The topological polar surface area (TPSA) is 101 Å². The molecular formula is C16H16N4O3. The Morgan fingerprint density at radius 1 is 1.30 bits per heavy atom. The van der Waals surface area contributed by atoms with Crippen LogP contribution in [0.2, 0.25) is 0 Å². The Hall–Kier alpha value is -3.22. The molecule has 7 heteroatoms. The Bertz CT molecular complexity index is 825. The van der Waals surface area contributed by atoms with Crippen LogP contribution in [0.5, 0.6) is 0 Å². The van der Waals surface area contributed by atoms with Crippen LogP contribution in [0.25, 0.3) is 11.4 Å². The van der Waals surface area contributed by atoms with Gasteiger partial charge in [0.05, 0.1) is 6.54 Å². The van der Waals surface area contributed by atoms with Crippen molar-refractivity contribution in [2.24, 2.45) is 0 Å². The van der Waals surface area contributed by atoms with Crippen LogP contribution in [-0.2, 0) is 11.3 Å². The van der Waals surface area contributed by atoms with E-state index in [9.17, 15) is 4.79 Å². The summed E-state index contributed by atoms with van der Waals surface area (Å²) in [5.74, 6) is 1.49. The number of carbonyl (C=O) groups is 1. The second-order valence-electron chi connectivity index (χ2n) is 4.68. The molecule has 2 heterocycles. The molecule has 118 valence electrons. The fourth-order valence-corrected chi connectivity index (χ4v) is 2.16. The number of aromatic nitrogens is 4. The lowest BCUT2D eigenvalue weighted by molar-refractivity contribution is -0.122. The van der Waals surface area contributed by atoms with Gasteiger partial charge in [-0.3, -0.25) is 9.59 Å². The molecule has 3 rings (SSSR count). The maximum Gasteiger partial charge on any atom is 0.290 e. The second-order valence-corrected chi connectivity index (χ2v) is 4.68. The van der Waals surface area contributed by atoms with Crippen LogP contribution in [0.4, 0.5) is 0 Å². The van der Waals surface area contributed by atoms with E-state index in [1.165, 1.54) is 6.07 Å². The van der Waals surface area contributed by atoms with Crippen LogP contribution in [0, 0.1) is 6.92 Å². The van der Waals surface area contributed by atoms with E-state index in [0.717, 1.165) is 11.4 Å². The maximum absolute atomic E-state index is 11.5. The van der Waals surface area contributed by atoms with E-state index in [2.05, 4.69) is 15.0 Å². The van der Waals surface area contributed by atoms with Gasteiger partial charge in [-0.05, 0) is 6.92 Å². The van der Waals surface area contributed by atoms with Gasteiger partial charge in [0, 0.05) is 29.7 Å². The highest BCUT2D eigenvalue weighted by atomic mass is 16.3. The van der Waals surface area contributed by atoms with Crippen molar-refractivity contribution in [3.05, 3.63) is 70.7 Å². The molecule has 0 fully saturated rings. The molecule has 0 aliphatic heterocycles. The number of nitrogens with zero attached hydrogens (tertiary/aromatic N) is 3. The molecule has 0 unspecified atom stereocenters. The number of aryl methyl sites for hydroxylation is 1. The lowest BCUT2D eigenvalue weighted by Gasteiger charge is -2.07. The molecule has 0 saturated carbocycles. The minimum absolute atomic E-state index is 0.131. The van der Waals surface area contributed by atoms with Crippen molar-refractivity contribution < 1.29 is 9.90 Å². The van der Waals surface area contributed by atoms with Gasteiger partial charge in [-0.15, -0.1) is 0 Å². The first-order chi connectivity index (χ1) is 11.1. The molecule has 0 aliphatic rings. The first-order valence-electron chi connectivity index (χ1n) is 6.85. The standard InChI is InChI=1S/C15H14N4O.CH2O2/c1-11-9-14(20)18-13(17-11)10-19-8-7-16-15(19)12-5-3-2-4-6-12;2-1-3/h2-9H,10H2,1H3,(H,17,18,20);1H,(H,2,3). The van der Waals surface area contributed by atoms with E-state index >= 15 is 0 Å². The lowest BCUT2D eigenvalue weighted by Crippen LogP contribution is -2.14. The number of carboxylic acid groups (broad SMARTS) is 1. The smallest absolute Gasteiger partial charge is 0.290 e. The fraction of sp³-hybridized carbons (Fsp3) is 0.125. The van der Waals surface area contributed by atoms with E-state index in [1.54, 1.807) is 6.20 Å². The van der Waals surface area contributed by atoms with E-state index in [0.29, 0.717) is 18.1 Å². The zero-order valence-corrected chi connectivity index (χ0v) is 12.5. The molecule has 3 aromatic rings. The summed E-state index contributed by atoms with van der Waals surface area (Å²) in [6, 6.07) is 11.4. The van der Waals surface area contributed by atoms with Crippen molar-refractivity contribution in [3.63, 3.8) is 0 Å². The number of imidazole rings is 1. The van der Waals surface area contributed by atoms with Gasteiger partial charge >= 0.3 is 0 Å². The molecule has 0 amide bonds. The zero-order valence-electron chi connectivity index (χ0n) is 12.5. The largest absolute Gasteiger partial charge is 0.483 e. The van der Waals surface area contributed by atoms with Gasteiger partial charge in [0.2, 0.25) is 0 Å². The van der Waals surface area contributed by atoms with Gasteiger partial charge < -0.3 is 14.7 Å². The molecule has 2 aromatic heterocycles. The summed E-state index contributed by atoms with van der Waals surface area (Å²) in [6.07, 6.45) is 3.63. The summed E-state index contributed by atoms with van der Waals surface area (Å²) in [7, 11) is 0. The van der Waals surface area contributed by atoms with Crippen LogP contribution in [-0.4, -0.2) is 31.1 Å².